The fourth-order valence-electron chi connectivity index (χ4n) is 3.38. The summed E-state index contributed by atoms with van der Waals surface area (Å²) in [7, 11) is 0. The summed E-state index contributed by atoms with van der Waals surface area (Å²) < 4.78 is 13.1. The lowest BCUT2D eigenvalue weighted by Crippen LogP contribution is -2.44. The van der Waals surface area contributed by atoms with Gasteiger partial charge in [0.15, 0.2) is 0 Å². The van der Waals surface area contributed by atoms with Crippen LogP contribution in [0.25, 0.3) is 11.1 Å². The predicted molar refractivity (Wildman–Crippen MR) is 121 cm³/mol. The molecule has 1 heterocycles. The summed E-state index contributed by atoms with van der Waals surface area (Å²) in [4.78, 5) is 2.42. The van der Waals surface area contributed by atoms with Gasteiger partial charge in [-0.3, -0.25) is 4.90 Å². The van der Waals surface area contributed by atoms with Gasteiger partial charge in [-0.1, -0.05) is 46.3 Å². The molecule has 0 unspecified atom stereocenters. The van der Waals surface area contributed by atoms with Crippen LogP contribution < -0.4 is 14.8 Å². The fraction of sp³-hybridized carbons (Fsp3) is 0.250. The van der Waals surface area contributed by atoms with E-state index < -0.39 is 0 Å². The Bertz CT molecular complexity index is 907. The van der Waals surface area contributed by atoms with Crippen LogP contribution in [-0.4, -0.2) is 44.2 Å². The zero-order chi connectivity index (χ0) is 19.9. The van der Waals surface area contributed by atoms with E-state index in [1.54, 1.807) is 0 Å². The lowest BCUT2D eigenvalue weighted by atomic mass is 10.0. The highest BCUT2D eigenvalue weighted by molar-refractivity contribution is 9.10. The van der Waals surface area contributed by atoms with E-state index in [9.17, 15) is 0 Å². The molecule has 0 atom stereocenters. The minimum absolute atomic E-state index is 0.701. The number of nitrogens with zero attached hydrogens (tertiary/aromatic N) is 1. The molecular formula is C24H25BrN2O2. The molecule has 0 aliphatic carbocycles. The van der Waals surface area contributed by atoms with Crippen LogP contribution in [0.2, 0.25) is 0 Å². The van der Waals surface area contributed by atoms with E-state index in [4.69, 9.17) is 9.47 Å². The smallest absolute Gasteiger partial charge is 0.135 e. The van der Waals surface area contributed by atoms with Gasteiger partial charge < -0.3 is 14.8 Å². The van der Waals surface area contributed by atoms with E-state index in [0.29, 0.717) is 6.61 Å². The molecule has 3 aromatic carbocycles. The first-order chi connectivity index (χ1) is 14.3. The van der Waals surface area contributed by atoms with Gasteiger partial charge in [0, 0.05) is 42.8 Å². The number of rotatable bonds is 7. The molecule has 150 valence electrons. The molecule has 4 rings (SSSR count). The van der Waals surface area contributed by atoms with E-state index in [-0.39, 0.29) is 0 Å². The monoisotopic (exact) mass is 452 g/mol. The number of benzene rings is 3. The minimum atomic E-state index is 0.701. The van der Waals surface area contributed by atoms with Gasteiger partial charge in [0.2, 0.25) is 0 Å². The quantitative estimate of drug-likeness (QED) is 0.534. The van der Waals surface area contributed by atoms with Crippen LogP contribution in [0.5, 0.6) is 17.2 Å². The van der Waals surface area contributed by atoms with Crippen LogP contribution in [0.3, 0.4) is 0 Å². The van der Waals surface area contributed by atoms with Crippen molar-refractivity contribution < 1.29 is 9.47 Å². The summed E-state index contributed by atoms with van der Waals surface area (Å²) in [5.41, 5.74) is 2.19. The van der Waals surface area contributed by atoms with Crippen molar-refractivity contribution in [2.45, 2.75) is 0 Å². The van der Waals surface area contributed by atoms with Crippen LogP contribution in [0.4, 0.5) is 0 Å². The van der Waals surface area contributed by atoms with E-state index in [0.717, 1.165) is 65.6 Å². The van der Waals surface area contributed by atoms with E-state index in [1.165, 1.54) is 0 Å². The van der Waals surface area contributed by atoms with Gasteiger partial charge in [0.1, 0.15) is 23.9 Å². The Morgan fingerprint density at radius 2 is 1.52 bits per heavy atom. The molecule has 0 spiro atoms. The van der Waals surface area contributed by atoms with Crippen LogP contribution >= 0.6 is 15.9 Å². The molecule has 5 heteroatoms. The molecule has 0 radical (unpaired) electrons. The summed E-state index contributed by atoms with van der Waals surface area (Å²) in [6, 6.07) is 24.2. The fourth-order valence-corrected chi connectivity index (χ4v) is 3.65. The SMILES string of the molecule is Brc1ccc(-c2ccccc2Oc2ccc(OCCN3CCNCC3)cc2)cc1. The minimum Gasteiger partial charge on any atom is -0.492 e. The van der Waals surface area contributed by atoms with Gasteiger partial charge >= 0.3 is 0 Å². The van der Waals surface area contributed by atoms with Crippen molar-refractivity contribution in [3.8, 4) is 28.4 Å². The normalized spacial score (nSPS) is 14.5. The highest BCUT2D eigenvalue weighted by Crippen LogP contribution is 2.34. The third kappa shape index (κ3) is 5.60. The topological polar surface area (TPSA) is 33.7 Å². The zero-order valence-corrected chi connectivity index (χ0v) is 17.9. The van der Waals surface area contributed by atoms with Crippen molar-refractivity contribution in [3.05, 3.63) is 77.3 Å². The molecule has 29 heavy (non-hydrogen) atoms. The Hall–Kier alpha value is -2.34. The maximum absolute atomic E-state index is 6.17. The molecule has 0 amide bonds. The third-order valence-electron chi connectivity index (χ3n) is 4.98. The molecular weight excluding hydrogens is 428 g/mol. The molecule has 4 nitrogen and oxygen atoms in total. The second-order valence-electron chi connectivity index (χ2n) is 7.02. The van der Waals surface area contributed by atoms with Crippen molar-refractivity contribution in [3.63, 3.8) is 0 Å². The number of nitrogens with one attached hydrogen (secondary N) is 1. The van der Waals surface area contributed by atoms with Crippen molar-refractivity contribution >= 4 is 15.9 Å². The van der Waals surface area contributed by atoms with Crippen molar-refractivity contribution in [2.24, 2.45) is 0 Å². The Balaban J connectivity index is 1.37. The molecule has 3 aromatic rings. The molecule has 0 bridgehead atoms. The highest BCUT2D eigenvalue weighted by atomic mass is 79.9. The van der Waals surface area contributed by atoms with Gasteiger partial charge in [-0.15, -0.1) is 0 Å². The van der Waals surface area contributed by atoms with Gasteiger partial charge in [-0.25, -0.2) is 0 Å². The Morgan fingerprint density at radius 3 is 2.28 bits per heavy atom. The average Bonchev–Trinajstić information content (AvgIpc) is 2.77. The number of ether oxygens (including phenoxy) is 2. The summed E-state index contributed by atoms with van der Waals surface area (Å²) in [6.45, 7) is 5.97. The maximum atomic E-state index is 6.17. The Morgan fingerprint density at radius 1 is 0.828 bits per heavy atom. The second-order valence-corrected chi connectivity index (χ2v) is 7.93. The molecule has 1 aliphatic heterocycles. The summed E-state index contributed by atoms with van der Waals surface area (Å²) >= 11 is 3.49. The van der Waals surface area contributed by atoms with Gasteiger partial charge in [0.25, 0.3) is 0 Å². The zero-order valence-electron chi connectivity index (χ0n) is 16.3. The number of halogens is 1. The van der Waals surface area contributed by atoms with E-state index in [2.05, 4.69) is 44.3 Å². The molecule has 1 saturated heterocycles. The predicted octanol–water partition coefficient (Wildman–Crippen LogP) is 5.19. The van der Waals surface area contributed by atoms with Crippen molar-refractivity contribution in [1.29, 1.82) is 0 Å². The average molecular weight is 453 g/mol. The standard InChI is InChI=1S/C24H25BrN2O2/c25-20-7-5-19(6-8-20)23-3-1-2-4-24(23)29-22-11-9-21(10-12-22)28-18-17-27-15-13-26-14-16-27/h1-12,26H,13-18H2. The lowest BCUT2D eigenvalue weighted by molar-refractivity contribution is 0.191. The summed E-state index contributed by atoms with van der Waals surface area (Å²) in [6.07, 6.45) is 0. The van der Waals surface area contributed by atoms with Crippen molar-refractivity contribution in [2.75, 3.05) is 39.3 Å². The van der Waals surface area contributed by atoms with Crippen molar-refractivity contribution in [1.82, 2.24) is 10.2 Å². The van der Waals surface area contributed by atoms with Crippen LogP contribution in [-0.2, 0) is 0 Å². The van der Waals surface area contributed by atoms with Gasteiger partial charge in [-0.05, 0) is 48.0 Å². The van der Waals surface area contributed by atoms with Crippen LogP contribution in [0, 0.1) is 0 Å². The molecule has 1 aliphatic rings. The second kappa shape index (κ2) is 9.92. The lowest BCUT2D eigenvalue weighted by Gasteiger charge is -2.26. The summed E-state index contributed by atoms with van der Waals surface area (Å²) in [5.74, 6) is 2.50. The van der Waals surface area contributed by atoms with E-state index >= 15 is 0 Å². The number of hydrogen-bond acceptors (Lipinski definition) is 4. The molecule has 1 fully saturated rings. The number of hydrogen-bond donors (Lipinski definition) is 1. The Labute approximate surface area is 180 Å². The summed E-state index contributed by atoms with van der Waals surface area (Å²) in [5, 5.41) is 3.37. The van der Waals surface area contributed by atoms with Gasteiger partial charge in [-0.2, -0.15) is 0 Å². The first-order valence-corrected chi connectivity index (χ1v) is 10.8. The molecule has 0 aromatic heterocycles. The van der Waals surface area contributed by atoms with E-state index in [1.807, 2.05) is 54.6 Å². The molecule has 0 saturated carbocycles. The Kier molecular flexibility index (Phi) is 6.83. The first-order valence-electron chi connectivity index (χ1n) is 9.97. The molecule has 1 N–H and O–H groups in total. The van der Waals surface area contributed by atoms with Gasteiger partial charge in [0.05, 0.1) is 0 Å². The first kappa shape index (κ1) is 20.0. The maximum Gasteiger partial charge on any atom is 0.135 e. The number of para-hydroxylation sites is 1. The third-order valence-corrected chi connectivity index (χ3v) is 5.51. The van der Waals surface area contributed by atoms with Crippen LogP contribution in [0.15, 0.2) is 77.3 Å². The highest BCUT2D eigenvalue weighted by Gasteiger charge is 2.10. The largest absolute Gasteiger partial charge is 0.492 e. The number of piperazine rings is 1. The van der Waals surface area contributed by atoms with Crippen LogP contribution in [0.1, 0.15) is 0 Å².